The van der Waals surface area contributed by atoms with Crippen molar-refractivity contribution in [2.45, 2.75) is 13.1 Å². The maximum Gasteiger partial charge on any atom is 0.124 e. The molecular formula is C19H20FN3S2. The van der Waals surface area contributed by atoms with E-state index in [1.807, 2.05) is 12.1 Å². The molecule has 1 fully saturated rings. The zero-order valence-electron chi connectivity index (χ0n) is 13.9. The molecule has 2 aromatic heterocycles. The van der Waals surface area contributed by atoms with Gasteiger partial charge in [0.25, 0.3) is 0 Å². The van der Waals surface area contributed by atoms with E-state index < -0.39 is 0 Å². The second-order valence-electron chi connectivity index (χ2n) is 6.33. The predicted molar refractivity (Wildman–Crippen MR) is 102 cm³/mol. The third kappa shape index (κ3) is 4.33. The quantitative estimate of drug-likeness (QED) is 0.664. The number of benzene rings is 1. The minimum atomic E-state index is -0.168. The maximum atomic E-state index is 13.0. The Morgan fingerprint density at radius 3 is 2.32 bits per heavy atom. The number of rotatable bonds is 5. The minimum absolute atomic E-state index is 0.168. The van der Waals surface area contributed by atoms with Gasteiger partial charge in [0, 0.05) is 55.6 Å². The Morgan fingerprint density at radius 1 is 0.920 bits per heavy atom. The second kappa shape index (κ2) is 7.74. The van der Waals surface area contributed by atoms with E-state index in [1.54, 1.807) is 34.8 Å². The molecule has 0 atom stereocenters. The highest BCUT2D eigenvalue weighted by Gasteiger charge is 2.18. The van der Waals surface area contributed by atoms with E-state index in [1.165, 1.54) is 11.1 Å². The lowest BCUT2D eigenvalue weighted by Gasteiger charge is -2.34. The number of piperazine rings is 1. The average Bonchev–Trinajstić information content (AvgIpc) is 3.30. The zero-order chi connectivity index (χ0) is 17.1. The van der Waals surface area contributed by atoms with Crippen LogP contribution in [0.2, 0.25) is 0 Å². The highest BCUT2D eigenvalue weighted by atomic mass is 32.1. The van der Waals surface area contributed by atoms with Gasteiger partial charge in [0.15, 0.2) is 0 Å². The molecule has 3 heterocycles. The van der Waals surface area contributed by atoms with Gasteiger partial charge in [0.1, 0.15) is 10.8 Å². The molecule has 4 rings (SSSR count). The number of halogens is 1. The van der Waals surface area contributed by atoms with Gasteiger partial charge in [-0.15, -0.1) is 11.3 Å². The molecule has 1 saturated heterocycles. The van der Waals surface area contributed by atoms with E-state index in [2.05, 4.69) is 32.0 Å². The van der Waals surface area contributed by atoms with E-state index in [9.17, 15) is 4.39 Å². The topological polar surface area (TPSA) is 19.4 Å². The summed E-state index contributed by atoms with van der Waals surface area (Å²) in [6.45, 7) is 6.00. The van der Waals surface area contributed by atoms with Crippen molar-refractivity contribution in [2.75, 3.05) is 26.2 Å². The molecule has 0 aliphatic carbocycles. The number of aromatic nitrogens is 1. The fraction of sp³-hybridized carbons (Fsp3) is 0.316. The maximum absolute atomic E-state index is 13.0. The number of thiazole rings is 1. The zero-order valence-corrected chi connectivity index (χ0v) is 15.5. The summed E-state index contributed by atoms with van der Waals surface area (Å²) < 4.78 is 13.0. The first-order chi connectivity index (χ1) is 12.3. The van der Waals surface area contributed by atoms with Crippen LogP contribution in [0, 0.1) is 5.82 Å². The molecule has 1 aromatic carbocycles. The van der Waals surface area contributed by atoms with Crippen molar-refractivity contribution in [3.05, 3.63) is 63.5 Å². The molecule has 1 aliphatic heterocycles. The van der Waals surface area contributed by atoms with Crippen LogP contribution < -0.4 is 0 Å². The van der Waals surface area contributed by atoms with Crippen molar-refractivity contribution in [1.82, 2.24) is 14.8 Å². The van der Waals surface area contributed by atoms with Crippen LogP contribution in [0.5, 0.6) is 0 Å². The molecule has 1 aliphatic rings. The van der Waals surface area contributed by atoms with Gasteiger partial charge in [-0.25, -0.2) is 9.37 Å². The lowest BCUT2D eigenvalue weighted by molar-refractivity contribution is 0.121. The van der Waals surface area contributed by atoms with Crippen LogP contribution in [-0.2, 0) is 13.1 Å². The third-order valence-electron chi connectivity index (χ3n) is 4.49. The van der Waals surface area contributed by atoms with Gasteiger partial charge in [-0.3, -0.25) is 9.80 Å². The summed E-state index contributed by atoms with van der Waals surface area (Å²) in [6, 6.07) is 8.96. The number of nitrogens with zero attached hydrogens (tertiary/aromatic N) is 3. The van der Waals surface area contributed by atoms with Crippen molar-refractivity contribution in [3.63, 3.8) is 0 Å². The van der Waals surface area contributed by atoms with E-state index in [4.69, 9.17) is 4.98 Å². The monoisotopic (exact) mass is 373 g/mol. The molecule has 130 valence electrons. The number of hydrogen-bond donors (Lipinski definition) is 0. The summed E-state index contributed by atoms with van der Waals surface area (Å²) in [5.41, 5.74) is 3.57. The molecule has 0 radical (unpaired) electrons. The smallest absolute Gasteiger partial charge is 0.124 e. The van der Waals surface area contributed by atoms with Gasteiger partial charge in [-0.2, -0.15) is 11.3 Å². The first-order valence-corrected chi connectivity index (χ1v) is 10.2. The van der Waals surface area contributed by atoms with Gasteiger partial charge in [0.05, 0.1) is 5.69 Å². The highest BCUT2D eigenvalue weighted by Crippen LogP contribution is 2.26. The molecule has 6 heteroatoms. The Hall–Kier alpha value is -1.60. The Bertz CT molecular complexity index is 790. The van der Waals surface area contributed by atoms with Crippen molar-refractivity contribution in [1.29, 1.82) is 0 Å². The van der Waals surface area contributed by atoms with Crippen LogP contribution in [0.4, 0.5) is 4.39 Å². The largest absolute Gasteiger partial charge is 0.297 e. The lowest BCUT2D eigenvalue weighted by Crippen LogP contribution is -2.45. The number of hydrogen-bond acceptors (Lipinski definition) is 5. The average molecular weight is 374 g/mol. The molecule has 0 bridgehead atoms. The Kier molecular flexibility index (Phi) is 5.22. The Morgan fingerprint density at radius 2 is 1.64 bits per heavy atom. The van der Waals surface area contributed by atoms with Crippen LogP contribution in [0.15, 0.2) is 46.5 Å². The molecule has 25 heavy (non-hydrogen) atoms. The minimum Gasteiger partial charge on any atom is -0.297 e. The molecule has 0 spiro atoms. The molecule has 0 N–H and O–H groups in total. The van der Waals surface area contributed by atoms with Crippen LogP contribution in [0.25, 0.3) is 10.6 Å². The van der Waals surface area contributed by atoms with Crippen molar-refractivity contribution >= 4 is 22.7 Å². The number of thiophene rings is 1. The predicted octanol–water partition coefficient (Wildman–Crippen LogP) is 4.33. The van der Waals surface area contributed by atoms with E-state index >= 15 is 0 Å². The van der Waals surface area contributed by atoms with E-state index in [0.29, 0.717) is 0 Å². The van der Waals surface area contributed by atoms with Gasteiger partial charge in [0.2, 0.25) is 0 Å². The standard InChI is InChI=1S/C19H20FN3S2/c20-17-3-1-15(2-4-17)11-22-6-8-23(9-7-22)12-18-14-25-19(21-18)16-5-10-24-13-16/h1-5,10,13-14H,6-9,11-12H2. The van der Waals surface area contributed by atoms with Crippen LogP contribution in [0.3, 0.4) is 0 Å². The van der Waals surface area contributed by atoms with Gasteiger partial charge in [-0.05, 0) is 29.1 Å². The second-order valence-corrected chi connectivity index (χ2v) is 7.97. The van der Waals surface area contributed by atoms with E-state index in [-0.39, 0.29) is 5.82 Å². The first kappa shape index (κ1) is 16.8. The molecule has 3 nitrogen and oxygen atoms in total. The summed E-state index contributed by atoms with van der Waals surface area (Å²) in [7, 11) is 0. The first-order valence-electron chi connectivity index (χ1n) is 8.42. The lowest BCUT2D eigenvalue weighted by atomic mass is 10.2. The van der Waals surface area contributed by atoms with Crippen LogP contribution in [0.1, 0.15) is 11.3 Å². The summed E-state index contributed by atoms with van der Waals surface area (Å²) in [5, 5.41) is 7.54. The molecule has 0 saturated carbocycles. The van der Waals surface area contributed by atoms with Crippen molar-refractivity contribution in [3.8, 4) is 10.6 Å². The van der Waals surface area contributed by atoms with Crippen LogP contribution in [-0.4, -0.2) is 41.0 Å². The van der Waals surface area contributed by atoms with Crippen molar-refractivity contribution in [2.24, 2.45) is 0 Å². The normalized spacial score (nSPS) is 16.4. The Balaban J connectivity index is 1.28. The molecule has 3 aromatic rings. The van der Waals surface area contributed by atoms with E-state index in [0.717, 1.165) is 50.0 Å². The van der Waals surface area contributed by atoms with Gasteiger partial charge < -0.3 is 0 Å². The summed E-state index contributed by atoms with van der Waals surface area (Å²) >= 11 is 3.44. The summed E-state index contributed by atoms with van der Waals surface area (Å²) in [6.07, 6.45) is 0. The molecule has 0 amide bonds. The summed E-state index contributed by atoms with van der Waals surface area (Å²) in [4.78, 5) is 9.67. The highest BCUT2D eigenvalue weighted by molar-refractivity contribution is 7.14. The third-order valence-corrected chi connectivity index (χ3v) is 6.11. The fourth-order valence-corrected chi connectivity index (χ4v) is 4.60. The Labute approximate surface area is 155 Å². The fourth-order valence-electron chi connectivity index (χ4n) is 3.08. The van der Waals surface area contributed by atoms with Gasteiger partial charge >= 0.3 is 0 Å². The van der Waals surface area contributed by atoms with Crippen LogP contribution >= 0.6 is 22.7 Å². The summed E-state index contributed by atoms with van der Waals surface area (Å²) in [5.74, 6) is -0.168. The molecule has 0 unspecified atom stereocenters. The SMILES string of the molecule is Fc1ccc(CN2CCN(Cc3csc(-c4ccsc4)n3)CC2)cc1. The van der Waals surface area contributed by atoms with Crippen molar-refractivity contribution < 1.29 is 4.39 Å². The molecular weight excluding hydrogens is 353 g/mol. The van der Waals surface area contributed by atoms with Gasteiger partial charge in [-0.1, -0.05) is 12.1 Å².